The molecule has 6 heteroatoms. The summed E-state index contributed by atoms with van der Waals surface area (Å²) in [4.78, 5) is 38.5. The number of unbranched alkanes of at least 4 members (excludes halogenated alkanes) is 53. The molecule has 0 saturated carbocycles. The van der Waals surface area contributed by atoms with Gasteiger partial charge < -0.3 is 14.2 Å². The van der Waals surface area contributed by atoms with Crippen LogP contribution in [-0.2, 0) is 28.6 Å². The highest BCUT2D eigenvalue weighted by molar-refractivity contribution is 5.71. The van der Waals surface area contributed by atoms with E-state index < -0.39 is 6.10 Å². The van der Waals surface area contributed by atoms with Crippen molar-refractivity contribution in [3.8, 4) is 0 Å². The van der Waals surface area contributed by atoms with Crippen molar-refractivity contribution in [1.29, 1.82) is 0 Å². The average Bonchev–Trinajstić information content (AvgIpc) is 3.46. The fourth-order valence-electron chi connectivity index (χ4n) is 11.2. The molecule has 6 nitrogen and oxygen atoms in total. The molecule has 0 aromatic heterocycles. The molecule has 0 aliphatic rings. The summed E-state index contributed by atoms with van der Waals surface area (Å²) in [5.74, 6) is -0.848. The number of esters is 3. The number of ether oxygens (including phenoxy) is 3. The summed E-state index contributed by atoms with van der Waals surface area (Å²) in [6.45, 7) is 6.70. The van der Waals surface area contributed by atoms with Crippen LogP contribution in [0.1, 0.15) is 412 Å². The second-order valence-corrected chi connectivity index (χ2v) is 24.9. The second-order valence-electron chi connectivity index (χ2n) is 24.9. The predicted octanol–water partition coefficient (Wildman–Crippen LogP) is 25.0. The number of carbonyl (C=O) groups excluding carboxylic acids is 3. The summed E-state index contributed by atoms with van der Waals surface area (Å²) in [5.41, 5.74) is 0. The molecular weight excluding hydrogens is 985 g/mol. The van der Waals surface area contributed by atoms with Crippen LogP contribution in [0.5, 0.6) is 0 Å². The van der Waals surface area contributed by atoms with E-state index in [1.54, 1.807) is 0 Å². The van der Waals surface area contributed by atoms with Crippen LogP contribution in [-0.4, -0.2) is 37.2 Å². The highest BCUT2D eigenvalue weighted by atomic mass is 16.6. The minimum atomic E-state index is -0.774. The Bertz CT molecular complexity index is 1290. The Labute approximate surface area is 500 Å². The van der Waals surface area contributed by atoms with Crippen molar-refractivity contribution in [2.45, 2.75) is 419 Å². The Morgan fingerprint density at radius 2 is 0.450 bits per heavy atom. The Morgan fingerprint density at radius 1 is 0.250 bits per heavy atom. The molecule has 0 rings (SSSR count). The zero-order valence-corrected chi connectivity index (χ0v) is 54.4. The SMILES string of the molecule is CCCCCC/C=C\C/C=C\CCCCCCCC(=O)OCC(COC(=O)CCCCCCCCCCCCCCCCCCCCCCCCCCCC)OC(=O)CCCCCCCCCCCCCCCCCCCCCC. The second kappa shape index (κ2) is 69.4. The van der Waals surface area contributed by atoms with E-state index in [9.17, 15) is 14.4 Å². The maximum Gasteiger partial charge on any atom is 0.306 e. The molecule has 0 bridgehead atoms. The topological polar surface area (TPSA) is 78.9 Å². The lowest BCUT2D eigenvalue weighted by Gasteiger charge is -2.18. The molecule has 472 valence electrons. The molecule has 0 spiro atoms. The van der Waals surface area contributed by atoms with Gasteiger partial charge in [-0.1, -0.05) is 366 Å². The van der Waals surface area contributed by atoms with Crippen LogP contribution in [0.2, 0.25) is 0 Å². The Kier molecular flexibility index (Phi) is 67.6. The largest absolute Gasteiger partial charge is 0.462 e. The van der Waals surface area contributed by atoms with Crippen LogP contribution < -0.4 is 0 Å². The summed E-state index contributed by atoms with van der Waals surface area (Å²) in [7, 11) is 0. The van der Waals surface area contributed by atoms with Crippen molar-refractivity contribution in [3.63, 3.8) is 0 Å². The van der Waals surface area contributed by atoms with E-state index in [2.05, 4.69) is 45.1 Å². The van der Waals surface area contributed by atoms with Gasteiger partial charge in [-0.3, -0.25) is 14.4 Å². The Morgan fingerprint density at radius 3 is 0.700 bits per heavy atom. The van der Waals surface area contributed by atoms with Crippen LogP contribution in [0.15, 0.2) is 24.3 Å². The molecule has 0 aliphatic carbocycles. The lowest BCUT2D eigenvalue weighted by Crippen LogP contribution is -2.30. The number of hydrogen-bond donors (Lipinski definition) is 0. The lowest BCUT2D eigenvalue weighted by atomic mass is 10.0. The Hall–Kier alpha value is -2.11. The first kappa shape index (κ1) is 77.9. The van der Waals surface area contributed by atoms with Crippen molar-refractivity contribution in [2.24, 2.45) is 0 Å². The molecular formula is C74H140O6. The molecule has 0 amide bonds. The van der Waals surface area contributed by atoms with Gasteiger partial charge in [0, 0.05) is 19.3 Å². The monoisotopic (exact) mass is 1130 g/mol. The van der Waals surface area contributed by atoms with Crippen molar-refractivity contribution >= 4 is 17.9 Å². The molecule has 0 radical (unpaired) electrons. The zero-order valence-electron chi connectivity index (χ0n) is 54.4. The summed E-state index contributed by atoms with van der Waals surface area (Å²) in [5, 5.41) is 0. The Balaban J connectivity index is 4.25. The van der Waals surface area contributed by atoms with E-state index in [1.807, 2.05) is 0 Å². The van der Waals surface area contributed by atoms with Gasteiger partial charge >= 0.3 is 17.9 Å². The number of carbonyl (C=O) groups is 3. The van der Waals surface area contributed by atoms with Gasteiger partial charge in [0.05, 0.1) is 0 Å². The van der Waals surface area contributed by atoms with E-state index in [0.29, 0.717) is 19.3 Å². The van der Waals surface area contributed by atoms with Gasteiger partial charge in [0.15, 0.2) is 6.10 Å². The predicted molar refractivity (Wildman–Crippen MR) is 349 cm³/mol. The molecule has 0 heterocycles. The van der Waals surface area contributed by atoms with Gasteiger partial charge in [0.1, 0.15) is 13.2 Å². The summed E-state index contributed by atoms with van der Waals surface area (Å²) < 4.78 is 17.0. The van der Waals surface area contributed by atoms with Gasteiger partial charge in [0.25, 0.3) is 0 Å². The molecule has 0 saturated heterocycles. The smallest absolute Gasteiger partial charge is 0.306 e. The maximum absolute atomic E-state index is 13.0. The van der Waals surface area contributed by atoms with Crippen LogP contribution in [0.4, 0.5) is 0 Å². The van der Waals surface area contributed by atoms with Crippen LogP contribution in [0.3, 0.4) is 0 Å². The standard InChI is InChI=1S/C74H140O6/c1-4-7-10-13-16-19-22-25-28-31-33-35-36-37-38-39-40-42-43-46-49-52-55-58-61-64-67-73(76)79-70-71(69-78-72(75)66-63-60-57-54-51-48-45-30-27-24-21-18-15-12-9-6-3)80-74(77)68-65-62-59-56-53-50-47-44-41-34-32-29-26-23-20-17-14-11-8-5-2/h21,24,30,45,71H,4-20,22-23,25-29,31-44,46-70H2,1-3H3/b24-21-,45-30-. The van der Waals surface area contributed by atoms with Crippen LogP contribution >= 0.6 is 0 Å². The molecule has 0 aromatic carbocycles. The molecule has 80 heavy (non-hydrogen) atoms. The molecule has 1 atom stereocenters. The molecule has 0 aliphatic heterocycles. The number of hydrogen-bond acceptors (Lipinski definition) is 6. The van der Waals surface area contributed by atoms with Gasteiger partial charge in [-0.2, -0.15) is 0 Å². The fourth-order valence-corrected chi connectivity index (χ4v) is 11.2. The first-order valence-electron chi connectivity index (χ1n) is 36.3. The van der Waals surface area contributed by atoms with Crippen LogP contribution in [0.25, 0.3) is 0 Å². The third kappa shape index (κ3) is 66.7. The minimum absolute atomic E-state index is 0.0691. The lowest BCUT2D eigenvalue weighted by molar-refractivity contribution is -0.167. The average molecular weight is 1130 g/mol. The highest BCUT2D eigenvalue weighted by Crippen LogP contribution is 2.19. The van der Waals surface area contributed by atoms with E-state index in [4.69, 9.17) is 14.2 Å². The van der Waals surface area contributed by atoms with E-state index in [0.717, 1.165) is 77.0 Å². The quantitative estimate of drug-likeness (QED) is 0.0261. The highest BCUT2D eigenvalue weighted by Gasteiger charge is 2.19. The fraction of sp³-hybridized carbons (Fsp3) is 0.905. The van der Waals surface area contributed by atoms with Crippen molar-refractivity contribution in [3.05, 3.63) is 24.3 Å². The molecule has 0 N–H and O–H groups in total. The van der Waals surface area contributed by atoms with E-state index in [-0.39, 0.29) is 31.1 Å². The first-order valence-corrected chi connectivity index (χ1v) is 36.3. The summed E-state index contributed by atoms with van der Waals surface area (Å²) in [6.07, 6.45) is 85.0. The van der Waals surface area contributed by atoms with Gasteiger partial charge in [-0.25, -0.2) is 0 Å². The summed E-state index contributed by atoms with van der Waals surface area (Å²) in [6, 6.07) is 0. The normalized spacial score (nSPS) is 12.1. The minimum Gasteiger partial charge on any atom is -0.462 e. The van der Waals surface area contributed by atoms with Gasteiger partial charge in [0.2, 0.25) is 0 Å². The maximum atomic E-state index is 13.0. The van der Waals surface area contributed by atoms with Gasteiger partial charge in [-0.15, -0.1) is 0 Å². The number of rotatable bonds is 68. The number of allylic oxidation sites excluding steroid dienone is 4. The van der Waals surface area contributed by atoms with E-state index >= 15 is 0 Å². The third-order valence-electron chi connectivity index (χ3n) is 16.7. The third-order valence-corrected chi connectivity index (χ3v) is 16.7. The van der Waals surface area contributed by atoms with E-state index in [1.165, 1.54) is 295 Å². The zero-order chi connectivity index (χ0) is 57.8. The van der Waals surface area contributed by atoms with Gasteiger partial charge in [-0.05, 0) is 51.4 Å². The van der Waals surface area contributed by atoms with Crippen molar-refractivity contribution < 1.29 is 28.6 Å². The molecule has 0 fully saturated rings. The van der Waals surface area contributed by atoms with Crippen molar-refractivity contribution in [1.82, 2.24) is 0 Å². The van der Waals surface area contributed by atoms with Crippen molar-refractivity contribution in [2.75, 3.05) is 13.2 Å². The first-order chi connectivity index (χ1) is 39.5. The molecule has 0 aromatic rings. The van der Waals surface area contributed by atoms with Crippen LogP contribution in [0, 0.1) is 0 Å². The summed E-state index contributed by atoms with van der Waals surface area (Å²) >= 11 is 0. The molecule has 1 unspecified atom stereocenters.